The van der Waals surface area contributed by atoms with Crippen LogP contribution in [-0.2, 0) is 4.74 Å². The highest BCUT2D eigenvalue weighted by atomic mass is 16.5. The highest BCUT2D eigenvalue weighted by Crippen LogP contribution is 2.20. The second-order valence-electron chi connectivity index (χ2n) is 5.53. The third kappa shape index (κ3) is 4.67. The highest BCUT2D eigenvalue weighted by Gasteiger charge is 2.17. The molecule has 0 radical (unpaired) electrons. The summed E-state index contributed by atoms with van der Waals surface area (Å²) in [5.41, 5.74) is 0.363. The van der Waals surface area contributed by atoms with E-state index < -0.39 is 0 Å². The molecule has 0 saturated carbocycles. The molecule has 1 aromatic heterocycles. The number of carbonyl (C=O) groups excluding carboxylic acids is 1. The van der Waals surface area contributed by atoms with Gasteiger partial charge in [-0.2, -0.15) is 0 Å². The van der Waals surface area contributed by atoms with Gasteiger partial charge in [0.15, 0.2) is 0 Å². The number of anilines is 1. The van der Waals surface area contributed by atoms with Crippen molar-refractivity contribution in [3.8, 4) is 0 Å². The largest absolute Gasteiger partial charge is 0.385 e. The lowest BCUT2D eigenvalue weighted by Gasteiger charge is -2.30. The van der Waals surface area contributed by atoms with Gasteiger partial charge in [-0.3, -0.25) is 4.79 Å². The summed E-state index contributed by atoms with van der Waals surface area (Å²) >= 11 is 0. The maximum Gasteiger partial charge on any atom is 0.271 e. The Kier molecular flexibility index (Phi) is 5.92. The van der Waals surface area contributed by atoms with Crippen LogP contribution in [0, 0.1) is 5.92 Å². The van der Waals surface area contributed by atoms with Gasteiger partial charge in [0, 0.05) is 33.4 Å². The average molecular weight is 292 g/mol. The lowest BCUT2D eigenvalue weighted by molar-refractivity contribution is 0.0943. The number of carbonyl (C=O) groups is 1. The number of rotatable bonds is 6. The van der Waals surface area contributed by atoms with Crippen molar-refractivity contribution in [2.24, 2.45) is 5.92 Å². The minimum atomic E-state index is -0.183. The number of aromatic nitrogens is 2. The minimum Gasteiger partial charge on any atom is -0.385 e. The van der Waals surface area contributed by atoms with Crippen LogP contribution < -0.4 is 10.2 Å². The Morgan fingerprint density at radius 2 is 2.14 bits per heavy atom. The Balaban J connectivity index is 1.85. The molecule has 0 atom stereocenters. The molecule has 0 spiro atoms. The number of hydrogen-bond donors (Lipinski definition) is 1. The fourth-order valence-electron chi connectivity index (χ4n) is 2.35. The van der Waals surface area contributed by atoms with Crippen LogP contribution in [0.4, 0.5) is 5.82 Å². The number of ether oxygens (including phenoxy) is 1. The Morgan fingerprint density at radius 3 is 2.76 bits per heavy atom. The standard InChI is InChI=1S/C15H24N4O2/c1-12-4-7-19(8-5-12)14-11-17-13(10-18-14)15(20)16-6-3-9-21-2/h10-12H,3-9H2,1-2H3,(H,16,20). The molecule has 0 aromatic carbocycles. The first-order valence-corrected chi connectivity index (χ1v) is 7.55. The van der Waals surface area contributed by atoms with Crippen LogP contribution in [0.1, 0.15) is 36.7 Å². The Bertz CT molecular complexity index is 441. The number of piperidine rings is 1. The maximum atomic E-state index is 11.9. The molecule has 1 aliphatic rings. The van der Waals surface area contributed by atoms with Gasteiger partial charge in [-0.05, 0) is 25.2 Å². The number of nitrogens with zero attached hydrogens (tertiary/aromatic N) is 3. The van der Waals surface area contributed by atoms with E-state index in [4.69, 9.17) is 4.74 Å². The van der Waals surface area contributed by atoms with E-state index in [1.807, 2.05) is 0 Å². The van der Waals surface area contributed by atoms with Crippen LogP contribution in [0.3, 0.4) is 0 Å². The number of hydrogen-bond acceptors (Lipinski definition) is 5. The molecule has 21 heavy (non-hydrogen) atoms. The fraction of sp³-hybridized carbons (Fsp3) is 0.667. The molecule has 0 aliphatic carbocycles. The lowest BCUT2D eigenvalue weighted by Crippen LogP contribution is -2.33. The Labute approximate surface area is 125 Å². The van der Waals surface area contributed by atoms with E-state index in [1.165, 1.54) is 12.8 Å². The zero-order valence-corrected chi connectivity index (χ0v) is 12.8. The van der Waals surface area contributed by atoms with Crippen LogP contribution in [0.5, 0.6) is 0 Å². The summed E-state index contributed by atoms with van der Waals surface area (Å²) in [6, 6.07) is 0. The van der Waals surface area contributed by atoms with E-state index in [-0.39, 0.29) is 5.91 Å². The van der Waals surface area contributed by atoms with Gasteiger partial charge in [0.25, 0.3) is 5.91 Å². The molecule has 6 heteroatoms. The van der Waals surface area contributed by atoms with E-state index >= 15 is 0 Å². The van der Waals surface area contributed by atoms with Gasteiger partial charge < -0.3 is 15.0 Å². The molecule has 2 heterocycles. The molecule has 1 fully saturated rings. The van der Waals surface area contributed by atoms with E-state index in [9.17, 15) is 4.79 Å². The van der Waals surface area contributed by atoms with E-state index in [1.54, 1.807) is 19.5 Å². The maximum absolute atomic E-state index is 11.9. The van der Waals surface area contributed by atoms with Crippen molar-refractivity contribution in [1.29, 1.82) is 0 Å². The quantitative estimate of drug-likeness (QED) is 0.804. The van der Waals surface area contributed by atoms with Crippen LogP contribution in [0.15, 0.2) is 12.4 Å². The van der Waals surface area contributed by atoms with Crippen molar-refractivity contribution < 1.29 is 9.53 Å². The van der Waals surface area contributed by atoms with Crippen LogP contribution in [0.25, 0.3) is 0 Å². The third-order valence-corrected chi connectivity index (χ3v) is 3.79. The number of methoxy groups -OCH3 is 1. The molecule has 116 valence electrons. The van der Waals surface area contributed by atoms with Gasteiger partial charge >= 0.3 is 0 Å². The molecule has 1 saturated heterocycles. The average Bonchev–Trinajstić information content (AvgIpc) is 2.52. The first-order valence-electron chi connectivity index (χ1n) is 7.55. The van der Waals surface area contributed by atoms with Crippen LogP contribution in [-0.4, -0.2) is 49.2 Å². The van der Waals surface area contributed by atoms with Gasteiger partial charge in [-0.15, -0.1) is 0 Å². The van der Waals surface area contributed by atoms with Gasteiger partial charge in [0.1, 0.15) is 11.5 Å². The first kappa shape index (κ1) is 15.7. The third-order valence-electron chi connectivity index (χ3n) is 3.79. The molecule has 2 rings (SSSR count). The normalized spacial score (nSPS) is 16.0. The Hall–Kier alpha value is -1.69. The van der Waals surface area contributed by atoms with Crippen molar-refractivity contribution in [3.63, 3.8) is 0 Å². The molecule has 0 bridgehead atoms. The van der Waals surface area contributed by atoms with Crippen molar-refractivity contribution in [2.75, 3.05) is 38.3 Å². The van der Waals surface area contributed by atoms with Crippen molar-refractivity contribution in [2.45, 2.75) is 26.2 Å². The lowest BCUT2D eigenvalue weighted by atomic mass is 9.99. The molecule has 6 nitrogen and oxygen atoms in total. The molecule has 1 aliphatic heterocycles. The zero-order valence-electron chi connectivity index (χ0n) is 12.8. The molecule has 1 N–H and O–H groups in total. The smallest absolute Gasteiger partial charge is 0.271 e. The highest BCUT2D eigenvalue weighted by molar-refractivity contribution is 5.91. The first-order chi connectivity index (χ1) is 10.2. The van der Waals surface area contributed by atoms with Crippen molar-refractivity contribution >= 4 is 11.7 Å². The van der Waals surface area contributed by atoms with Gasteiger partial charge in [0.05, 0.1) is 12.4 Å². The summed E-state index contributed by atoms with van der Waals surface area (Å²) < 4.78 is 4.93. The summed E-state index contributed by atoms with van der Waals surface area (Å²) in [4.78, 5) is 22.7. The summed E-state index contributed by atoms with van der Waals surface area (Å²) in [5.74, 6) is 1.46. The second kappa shape index (κ2) is 7.93. The monoisotopic (exact) mass is 292 g/mol. The number of amides is 1. The zero-order chi connectivity index (χ0) is 15.1. The van der Waals surface area contributed by atoms with Crippen molar-refractivity contribution in [3.05, 3.63) is 18.1 Å². The molecule has 1 aromatic rings. The van der Waals surface area contributed by atoms with Crippen LogP contribution >= 0.6 is 0 Å². The molecule has 0 unspecified atom stereocenters. The number of nitrogens with one attached hydrogen (secondary N) is 1. The fourth-order valence-corrected chi connectivity index (χ4v) is 2.35. The van der Waals surface area contributed by atoms with E-state index in [0.717, 1.165) is 31.2 Å². The molecular formula is C15H24N4O2. The summed E-state index contributed by atoms with van der Waals surface area (Å²) in [7, 11) is 1.65. The van der Waals surface area contributed by atoms with Gasteiger partial charge in [-0.1, -0.05) is 6.92 Å². The van der Waals surface area contributed by atoms with Crippen molar-refractivity contribution in [1.82, 2.24) is 15.3 Å². The van der Waals surface area contributed by atoms with Gasteiger partial charge in [-0.25, -0.2) is 9.97 Å². The predicted molar refractivity (Wildman–Crippen MR) is 81.5 cm³/mol. The molecular weight excluding hydrogens is 268 g/mol. The second-order valence-corrected chi connectivity index (χ2v) is 5.53. The van der Waals surface area contributed by atoms with Gasteiger partial charge in [0.2, 0.25) is 0 Å². The summed E-state index contributed by atoms with van der Waals surface area (Å²) in [6.45, 7) is 5.52. The van der Waals surface area contributed by atoms with E-state index in [0.29, 0.717) is 18.8 Å². The SMILES string of the molecule is COCCCNC(=O)c1cnc(N2CCC(C)CC2)cn1. The predicted octanol–water partition coefficient (Wildman–Crippen LogP) is 1.48. The minimum absolute atomic E-state index is 0.183. The summed E-state index contributed by atoms with van der Waals surface area (Å²) in [6.07, 6.45) is 6.41. The molecule has 1 amide bonds. The van der Waals surface area contributed by atoms with Crippen LogP contribution in [0.2, 0.25) is 0 Å². The topological polar surface area (TPSA) is 67.3 Å². The van der Waals surface area contributed by atoms with E-state index in [2.05, 4.69) is 27.1 Å². The Morgan fingerprint density at radius 1 is 1.38 bits per heavy atom. The summed E-state index contributed by atoms with van der Waals surface area (Å²) in [5, 5.41) is 2.80.